The molecule has 2 N–H and O–H groups in total. The molecule has 0 fully saturated rings. The molecule has 1 atom stereocenters. The summed E-state index contributed by atoms with van der Waals surface area (Å²) in [5, 5.41) is 0. The van der Waals surface area contributed by atoms with Crippen molar-refractivity contribution >= 4 is 0 Å². The maximum Gasteiger partial charge on any atom is 0.387 e. The van der Waals surface area contributed by atoms with Gasteiger partial charge in [-0.2, -0.15) is 8.78 Å². The minimum atomic E-state index is -2.80. The average molecular weight is 300 g/mol. The van der Waals surface area contributed by atoms with Gasteiger partial charge in [-0.25, -0.2) is 0 Å². The molecule has 5 heteroatoms. The Bertz CT molecular complexity index is 407. The lowest BCUT2D eigenvalue weighted by Gasteiger charge is -2.36. The number of ether oxygens (including phenoxy) is 1. The fourth-order valence-electron chi connectivity index (χ4n) is 2.45. The molecule has 0 amide bonds. The van der Waals surface area contributed by atoms with E-state index in [0.717, 1.165) is 12.1 Å². The first kappa shape index (κ1) is 17.9. The van der Waals surface area contributed by atoms with E-state index in [4.69, 9.17) is 5.73 Å². The van der Waals surface area contributed by atoms with E-state index in [1.165, 1.54) is 0 Å². The first-order valence-corrected chi connectivity index (χ1v) is 7.35. The topological polar surface area (TPSA) is 38.5 Å². The van der Waals surface area contributed by atoms with Crippen molar-refractivity contribution in [3.63, 3.8) is 0 Å². The van der Waals surface area contributed by atoms with Crippen LogP contribution in [0.4, 0.5) is 8.78 Å². The fourth-order valence-corrected chi connectivity index (χ4v) is 2.45. The quantitative estimate of drug-likeness (QED) is 0.796. The number of hydrogen-bond acceptors (Lipinski definition) is 3. The van der Waals surface area contributed by atoms with Gasteiger partial charge in [-0.3, -0.25) is 4.90 Å². The second-order valence-corrected chi connectivity index (χ2v) is 5.88. The van der Waals surface area contributed by atoms with E-state index in [1.54, 1.807) is 12.1 Å². The number of halogens is 2. The molecule has 0 saturated heterocycles. The van der Waals surface area contributed by atoms with E-state index < -0.39 is 6.61 Å². The van der Waals surface area contributed by atoms with Gasteiger partial charge in [0.05, 0.1) is 0 Å². The van der Waals surface area contributed by atoms with Crippen LogP contribution in [0.3, 0.4) is 0 Å². The molecule has 0 aliphatic heterocycles. The number of nitrogens with two attached hydrogens (primary N) is 1. The highest BCUT2D eigenvalue weighted by molar-refractivity contribution is 5.29. The SMILES string of the molecule is CC(C)CN(C(C)C)C(CN)c1ccc(OC(F)F)cc1. The minimum Gasteiger partial charge on any atom is -0.435 e. The Kier molecular flexibility index (Phi) is 7.05. The molecule has 120 valence electrons. The lowest BCUT2D eigenvalue weighted by Crippen LogP contribution is -2.40. The molecule has 0 radical (unpaired) electrons. The number of alkyl halides is 2. The van der Waals surface area contributed by atoms with Crippen molar-refractivity contribution in [1.29, 1.82) is 0 Å². The van der Waals surface area contributed by atoms with Gasteiger partial charge in [0.15, 0.2) is 0 Å². The Labute approximate surface area is 126 Å². The van der Waals surface area contributed by atoms with Crippen LogP contribution in [0.25, 0.3) is 0 Å². The van der Waals surface area contributed by atoms with Crippen LogP contribution < -0.4 is 10.5 Å². The summed E-state index contributed by atoms with van der Waals surface area (Å²) in [6.07, 6.45) is 0. The maximum atomic E-state index is 12.2. The molecule has 0 aliphatic carbocycles. The summed E-state index contributed by atoms with van der Waals surface area (Å²) in [6, 6.07) is 7.19. The van der Waals surface area contributed by atoms with Crippen molar-refractivity contribution in [3.8, 4) is 5.75 Å². The molecular formula is C16H26F2N2O. The van der Waals surface area contributed by atoms with Crippen molar-refractivity contribution in [2.75, 3.05) is 13.1 Å². The lowest BCUT2D eigenvalue weighted by atomic mass is 10.0. The molecule has 0 aromatic heterocycles. The summed E-state index contributed by atoms with van der Waals surface area (Å²) < 4.78 is 28.7. The van der Waals surface area contributed by atoms with Gasteiger partial charge in [-0.05, 0) is 37.5 Å². The second kappa shape index (κ2) is 8.29. The molecule has 1 unspecified atom stereocenters. The van der Waals surface area contributed by atoms with Crippen LogP contribution in [0.5, 0.6) is 5.75 Å². The van der Waals surface area contributed by atoms with E-state index in [-0.39, 0.29) is 11.8 Å². The van der Waals surface area contributed by atoms with Crippen molar-refractivity contribution < 1.29 is 13.5 Å². The number of hydrogen-bond donors (Lipinski definition) is 1. The average Bonchev–Trinajstić information content (AvgIpc) is 2.39. The Morgan fingerprint density at radius 2 is 1.67 bits per heavy atom. The van der Waals surface area contributed by atoms with Gasteiger partial charge in [0.2, 0.25) is 0 Å². The first-order valence-electron chi connectivity index (χ1n) is 7.35. The predicted molar refractivity (Wildman–Crippen MR) is 81.5 cm³/mol. The van der Waals surface area contributed by atoms with Gasteiger partial charge < -0.3 is 10.5 Å². The fraction of sp³-hybridized carbons (Fsp3) is 0.625. The first-order chi connectivity index (χ1) is 9.85. The molecule has 0 saturated carbocycles. The standard InChI is InChI=1S/C16H26F2N2O/c1-11(2)10-20(12(3)4)15(9-19)13-5-7-14(8-6-13)21-16(17)18/h5-8,11-12,15-16H,9-10,19H2,1-4H3. The van der Waals surface area contributed by atoms with E-state index in [0.29, 0.717) is 18.5 Å². The lowest BCUT2D eigenvalue weighted by molar-refractivity contribution is -0.0498. The number of rotatable bonds is 8. The normalized spacial score (nSPS) is 13.5. The molecule has 0 heterocycles. The Balaban J connectivity index is 2.91. The molecule has 0 spiro atoms. The smallest absolute Gasteiger partial charge is 0.387 e. The molecule has 3 nitrogen and oxygen atoms in total. The van der Waals surface area contributed by atoms with Gasteiger partial charge in [-0.15, -0.1) is 0 Å². The van der Waals surface area contributed by atoms with Gasteiger partial charge in [0, 0.05) is 25.2 Å². The monoisotopic (exact) mass is 300 g/mol. The molecule has 1 rings (SSSR count). The zero-order chi connectivity index (χ0) is 16.0. The van der Waals surface area contributed by atoms with Crippen LogP contribution in [-0.4, -0.2) is 30.6 Å². The molecule has 21 heavy (non-hydrogen) atoms. The van der Waals surface area contributed by atoms with E-state index in [2.05, 4.69) is 37.3 Å². The van der Waals surface area contributed by atoms with Crippen molar-refractivity contribution in [3.05, 3.63) is 29.8 Å². The van der Waals surface area contributed by atoms with Gasteiger partial charge in [-0.1, -0.05) is 26.0 Å². The molecular weight excluding hydrogens is 274 g/mol. The maximum absolute atomic E-state index is 12.2. The summed E-state index contributed by atoms with van der Waals surface area (Å²) in [6.45, 7) is 7.24. The Morgan fingerprint density at radius 3 is 2.05 bits per heavy atom. The third-order valence-electron chi connectivity index (χ3n) is 3.35. The number of nitrogens with zero attached hydrogens (tertiary/aromatic N) is 1. The van der Waals surface area contributed by atoms with Gasteiger partial charge in [0.1, 0.15) is 5.75 Å². The second-order valence-electron chi connectivity index (χ2n) is 5.88. The van der Waals surface area contributed by atoms with Crippen LogP contribution in [0, 0.1) is 5.92 Å². The van der Waals surface area contributed by atoms with Crippen LogP contribution in [0.2, 0.25) is 0 Å². The molecule has 0 bridgehead atoms. The third-order valence-corrected chi connectivity index (χ3v) is 3.35. The highest BCUT2D eigenvalue weighted by Gasteiger charge is 2.22. The third kappa shape index (κ3) is 5.59. The zero-order valence-corrected chi connectivity index (χ0v) is 13.2. The van der Waals surface area contributed by atoms with Gasteiger partial charge in [0.25, 0.3) is 0 Å². The zero-order valence-electron chi connectivity index (χ0n) is 13.2. The predicted octanol–water partition coefficient (Wildman–Crippen LogP) is 3.65. The van der Waals surface area contributed by atoms with Crippen molar-refractivity contribution in [2.24, 2.45) is 11.7 Å². The summed E-state index contributed by atoms with van der Waals surface area (Å²) in [7, 11) is 0. The number of benzene rings is 1. The summed E-state index contributed by atoms with van der Waals surface area (Å²) in [5.74, 6) is 0.701. The summed E-state index contributed by atoms with van der Waals surface area (Å²) in [4.78, 5) is 2.34. The van der Waals surface area contributed by atoms with Crippen LogP contribution in [0.1, 0.15) is 39.3 Å². The Hall–Kier alpha value is -1.20. The van der Waals surface area contributed by atoms with Crippen molar-refractivity contribution in [1.82, 2.24) is 4.90 Å². The molecule has 1 aromatic carbocycles. The van der Waals surface area contributed by atoms with Gasteiger partial charge >= 0.3 is 6.61 Å². The van der Waals surface area contributed by atoms with E-state index >= 15 is 0 Å². The largest absolute Gasteiger partial charge is 0.435 e. The summed E-state index contributed by atoms with van der Waals surface area (Å²) >= 11 is 0. The van der Waals surface area contributed by atoms with Crippen LogP contribution in [0.15, 0.2) is 24.3 Å². The highest BCUT2D eigenvalue weighted by atomic mass is 19.3. The van der Waals surface area contributed by atoms with E-state index in [1.807, 2.05) is 12.1 Å². The Morgan fingerprint density at radius 1 is 1.10 bits per heavy atom. The van der Waals surface area contributed by atoms with Crippen LogP contribution >= 0.6 is 0 Å². The van der Waals surface area contributed by atoms with E-state index in [9.17, 15) is 8.78 Å². The summed E-state index contributed by atoms with van der Waals surface area (Å²) in [5.41, 5.74) is 6.97. The molecule has 0 aliphatic rings. The molecule has 1 aromatic rings. The highest BCUT2D eigenvalue weighted by Crippen LogP contribution is 2.25. The van der Waals surface area contributed by atoms with Crippen LogP contribution in [-0.2, 0) is 0 Å². The van der Waals surface area contributed by atoms with Crippen molar-refractivity contribution in [2.45, 2.75) is 46.4 Å². The minimum absolute atomic E-state index is 0.0769.